The molecule has 0 unspecified atom stereocenters. The Labute approximate surface area is 191 Å². The Bertz CT molecular complexity index is 1390. The highest BCUT2D eigenvalue weighted by atomic mass is 127. The minimum absolute atomic E-state index is 0.144. The first-order valence-electron chi connectivity index (χ1n) is 8.75. The number of pyridine rings is 1. The largest absolute Gasteiger partial charge is 0.496 e. The summed E-state index contributed by atoms with van der Waals surface area (Å²) < 4.78 is 47.7. The van der Waals surface area contributed by atoms with Gasteiger partial charge in [-0.15, -0.1) is 0 Å². The SMILES string of the molecule is COc1ccc(F)cc1-c1c(Cl)cnc2c1cc(I)n2S(=O)(=O)c1ccc(C)cc1. The third-order valence-corrected chi connectivity index (χ3v) is 7.82. The fourth-order valence-corrected chi connectivity index (χ4v) is 6.18. The Kier molecular flexibility index (Phi) is 5.50. The van der Waals surface area contributed by atoms with Gasteiger partial charge >= 0.3 is 0 Å². The minimum Gasteiger partial charge on any atom is -0.496 e. The van der Waals surface area contributed by atoms with Crippen molar-refractivity contribution in [1.82, 2.24) is 8.96 Å². The van der Waals surface area contributed by atoms with Crippen molar-refractivity contribution < 1.29 is 17.5 Å². The number of benzene rings is 2. The Hall–Kier alpha value is -2.17. The summed E-state index contributed by atoms with van der Waals surface area (Å²) in [6.07, 6.45) is 1.36. The summed E-state index contributed by atoms with van der Waals surface area (Å²) in [5, 5.41) is 0.735. The molecule has 2 aromatic heterocycles. The van der Waals surface area contributed by atoms with E-state index in [9.17, 15) is 12.8 Å². The van der Waals surface area contributed by atoms with Crippen molar-refractivity contribution in [1.29, 1.82) is 0 Å². The lowest BCUT2D eigenvalue weighted by Gasteiger charge is -2.12. The maximum Gasteiger partial charge on any atom is 0.270 e. The van der Waals surface area contributed by atoms with Gasteiger partial charge in [0.2, 0.25) is 0 Å². The summed E-state index contributed by atoms with van der Waals surface area (Å²) in [5.41, 5.74) is 2.02. The molecule has 2 heterocycles. The van der Waals surface area contributed by atoms with Crippen molar-refractivity contribution in [3.63, 3.8) is 0 Å². The first-order valence-corrected chi connectivity index (χ1v) is 11.7. The van der Waals surface area contributed by atoms with Crippen LogP contribution in [0.2, 0.25) is 5.02 Å². The molecule has 0 N–H and O–H groups in total. The number of hydrogen-bond acceptors (Lipinski definition) is 4. The molecule has 0 fully saturated rings. The maximum atomic E-state index is 14.0. The van der Waals surface area contributed by atoms with Gasteiger partial charge in [-0.25, -0.2) is 21.8 Å². The minimum atomic E-state index is -3.91. The first-order chi connectivity index (χ1) is 14.2. The van der Waals surface area contributed by atoms with Crippen molar-refractivity contribution in [2.45, 2.75) is 11.8 Å². The molecule has 0 aliphatic carbocycles. The second kappa shape index (κ2) is 7.82. The summed E-state index contributed by atoms with van der Waals surface area (Å²) in [6, 6.07) is 12.3. The Balaban J connectivity index is 2.04. The normalized spacial score (nSPS) is 11.8. The lowest BCUT2D eigenvalue weighted by Crippen LogP contribution is -2.15. The van der Waals surface area contributed by atoms with Crippen molar-refractivity contribution >= 4 is 55.2 Å². The molecule has 5 nitrogen and oxygen atoms in total. The van der Waals surface area contributed by atoms with Crippen LogP contribution in [0.4, 0.5) is 4.39 Å². The summed E-state index contributed by atoms with van der Waals surface area (Å²) >= 11 is 8.37. The number of halogens is 3. The zero-order valence-electron chi connectivity index (χ0n) is 15.9. The van der Waals surface area contributed by atoms with Crippen molar-refractivity contribution in [2.75, 3.05) is 7.11 Å². The number of rotatable bonds is 4. The Morgan fingerprint density at radius 3 is 2.50 bits per heavy atom. The highest BCUT2D eigenvalue weighted by molar-refractivity contribution is 14.1. The molecule has 9 heteroatoms. The van der Waals surface area contributed by atoms with Crippen LogP contribution in [0.3, 0.4) is 0 Å². The van der Waals surface area contributed by atoms with Crippen LogP contribution in [-0.2, 0) is 10.0 Å². The molecular weight excluding hydrogens is 542 g/mol. The molecule has 0 spiro atoms. The van der Waals surface area contributed by atoms with Gasteiger partial charge < -0.3 is 4.74 Å². The van der Waals surface area contributed by atoms with Crippen LogP contribution in [0.5, 0.6) is 5.75 Å². The number of nitrogens with zero attached hydrogens (tertiary/aromatic N) is 2. The van der Waals surface area contributed by atoms with E-state index in [1.807, 2.05) is 29.5 Å². The molecule has 0 aliphatic rings. The second-order valence-electron chi connectivity index (χ2n) is 6.61. The predicted molar refractivity (Wildman–Crippen MR) is 123 cm³/mol. The molecule has 0 amide bonds. The van der Waals surface area contributed by atoms with E-state index in [2.05, 4.69) is 4.98 Å². The van der Waals surface area contributed by atoms with Crippen molar-refractivity contribution in [3.8, 4) is 16.9 Å². The van der Waals surface area contributed by atoms with Gasteiger partial charge in [-0.3, -0.25) is 0 Å². The van der Waals surface area contributed by atoms with Gasteiger partial charge in [0.15, 0.2) is 5.65 Å². The summed E-state index contributed by atoms with van der Waals surface area (Å²) in [5.74, 6) is -0.0526. The smallest absolute Gasteiger partial charge is 0.270 e. The van der Waals surface area contributed by atoms with Gasteiger partial charge in [-0.1, -0.05) is 29.3 Å². The van der Waals surface area contributed by atoms with Crippen LogP contribution in [0.1, 0.15) is 5.56 Å². The van der Waals surface area contributed by atoms with E-state index in [1.54, 1.807) is 30.3 Å². The van der Waals surface area contributed by atoms with Crippen LogP contribution in [0.25, 0.3) is 22.2 Å². The molecule has 0 saturated carbocycles. The van der Waals surface area contributed by atoms with Gasteiger partial charge in [0, 0.05) is 22.7 Å². The maximum absolute atomic E-state index is 14.0. The molecule has 0 aliphatic heterocycles. The van der Waals surface area contributed by atoms with Crippen LogP contribution in [0, 0.1) is 16.4 Å². The fraction of sp³-hybridized carbons (Fsp3) is 0.0952. The molecular formula is C21H15ClFIN2O3S. The number of ether oxygens (including phenoxy) is 1. The zero-order valence-corrected chi connectivity index (χ0v) is 19.6. The summed E-state index contributed by atoms with van der Waals surface area (Å²) in [6.45, 7) is 1.88. The number of hydrogen-bond donors (Lipinski definition) is 0. The molecule has 4 aromatic rings. The third kappa shape index (κ3) is 3.46. The predicted octanol–water partition coefficient (Wildman–Crippen LogP) is 5.65. The monoisotopic (exact) mass is 556 g/mol. The molecule has 0 radical (unpaired) electrons. The van der Waals surface area contributed by atoms with E-state index in [1.165, 1.54) is 35.5 Å². The van der Waals surface area contributed by atoms with Crippen LogP contribution in [-0.4, -0.2) is 24.5 Å². The molecule has 30 heavy (non-hydrogen) atoms. The van der Waals surface area contributed by atoms with Crippen molar-refractivity contribution in [3.05, 3.63) is 74.8 Å². The molecule has 2 aromatic carbocycles. The summed E-state index contributed by atoms with van der Waals surface area (Å²) in [7, 11) is -2.44. The molecule has 0 bridgehead atoms. The molecule has 154 valence electrons. The number of fused-ring (bicyclic) bond motifs is 1. The average Bonchev–Trinajstić information content (AvgIpc) is 3.04. The Morgan fingerprint density at radius 1 is 1.13 bits per heavy atom. The van der Waals surface area contributed by atoms with E-state index in [4.69, 9.17) is 16.3 Å². The van der Waals surface area contributed by atoms with Crippen LogP contribution < -0.4 is 4.74 Å². The quantitative estimate of drug-likeness (QED) is 0.305. The molecule has 4 rings (SSSR count). The fourth-order valence-electron chi connectivity index (χ4n) is 3.26. The Morgan fingerprint density at radius 2 is 1.83 bits per heavy atom. The van der Waals surface area contributed by atoms with Gasteiger partial charge in [0.1, 0.15) is 11.6 Å². The highest BCUT2D eigenvalue weighted by Crippen LogP contribution is 2.41. The lowest BCUT2D eigenvalue weighted by atomic mass is 10.0. The number of aryl methyl sites for hydroxylation is 1. The van der Waals surface area contributed by atoms with E-state index >= 15 is 0 Å². The van der Waals surface area contributed by atoms with Gasteiger partial charge in [0.05, 0.1) is 20.7 Å². The van der Waals surface area contributed by atoms with Gasteiger partial charge in [-0.05, 0) is 65.9 Å². The summed E-state index contributed by atoms with van der Waals surface area (Å²) in [4.78, 5) is 4.43. The average molecular weight is 557 g/mol. The zero-order chi connectivity index (χ0) is 21.6. The molecule has 0 atom stereocenters. The number of aromatic nitrogens is 2. The molecule has 0 saturated heterocycles. The third-order valence-electron chi connectivity index (χ3n) is 4.69. The topological polar surface area (TPSA) is 61.2 Å². The van der Waals surface area contributed by atoms with E-state index in [0.717, 1.165) is 5.56 Å². The lowest BCUT2D eigenvalue weighted by molar-refractivity contribution is 0.415. The number of methoxy groups -OCH3 is 1. The van der Waals surface area contributed by atoms with E-state index in [-0.39, 0.29) is 15.6 Å². The first kappa shape index (κ1) is 21.1. The van der Waals surface area contributed by atoms with Crippen LogP contribution in [0.15, 0.2) is 59.6 Å². The van der Waals surface area contributed by atoms with E-state index in [0.29, 0.717) is 26.0 Å². The van der Waals surface area contributed by atoms with Gasteiger partial charge in [-0.2, -0.15) is 0 Å². The standard InChI is InChI=1S/C21H15ClFIN2O3S/c1-12-3-6-14(7-4-12)30(27,28)26-19(24)10-16-20(17(22)11-25-21(16)26)15-9-13(23)5-8-18(15)29-2/h3-11H,1-2H3. The van der Waals surface area contributed by atoms with Gasteiger partial charge in [0.25, 0.3) is 10.0 Å². The second-order valence-corrected chi connectivity index (χ2v) is 9.91. The van der Waals surface area contributed by atoms with Crippen LogP contribution >= 0.6 is 34.2 Å². The van der Waals surface area contributed by atoms with E-state index < -0.39 is 15.8 Å². The highest BCUT2D eigenvalue weighted by Gasteiger charge is 2.26. The van der Waals surface area contributed by atoms with Crippen molar-refractivity contribution in [2.24, 2.45) is 0 Å².